The molecule has 7 rings (SSSR count). The van der Waals surface area contributed by atoms with Crippen molar-refractivity contribution in [2.45, 2.75) is 25.8 Å². The highest BCUT2D eigenvalue weighted by Gasteiger charge is 2.37. The zero-order chi connectivity index (χ0) is 25.1. The zero-order valence-electron chi connectivity index (χ0n) is 20.6. The second kappa shape index (κ2) is 8.40. The number of aromatic amines is 1. The van der Waals surface area contributed by atoms with Gasteiger partial charge >= 0.3 is 0 Å². The van der Waals surface area contributed by atoms with Gasteiger partial charge in [0.25, 0.3) is 5.56 Å². The summed E-state index contributed by atoms with van der Waals surface area (Å²) in [7, 11) is 1.80. The second-order valence-electron chi connectivity index (χ2n) is 10.3. The zero-order valence-corrected chi connectivity index (χ0v) is 20.6. The smallest absolute Gasteiger partial charge is 0.264 e. The van der Waals surface area contributed by atoms with Crippen molar-refractivity contribution >= 4 is 27.8 Å². The maximum Gasteiger partial charge on any atom is 0.264 e. The number of carbonyl (C=O) groups excluding carboxylic acids is 1. The van der Waals surface area contributed by atoms with Crippen molar-refractivity contribution in [3.05, 3.63) is 65.2 Å². The van der Waals surface area contributed by atoms with Gasteiger partial charge in [0.15, 0.2) is 5.65 Å². The van der Waals surface area contributed by atoms with E-state index in [2.05, 4.69) is 39.6 Å². The number of hydrogen-bond acceptors (Lipinski definition) is 5. The molecule has 3 aromatic heterocycles. The first kappa shape index (κ1) is 22.0. The lowest BCUT2D eigenvalue weighted by molar-refractivity contribution is -0.131. The Balaban J connectivity index is 1.24. The van der Waals surface area contributed by atoms with Crippen molar-refractivity contribution in [3.63, 3.8) is 0 Å². The van der Waals surface area contributed by atoms with Crippen LogP contribution in [0.2, 0.25) is 0 Å². The van der Waals surface area contributed by atoms with Gasteiger partial charge in [-0.1, -0.05) is 30.3 Å². The van der Waals surface area contributed by atoms with Gasteiger partial charge in [0.1, 0.15) is 11.2 Å². The second-order valence-corrected chi connectivity index (χ2v) is 10.3. The quantitative estimate of drug-likeness (QED) is 0.403. The Labute approximate surface area is 212 Å². The molecule has 5 aromatic rings. The minimum absolute atomic E-state index is 0.0884. The van der Waals surface area contributed by atoms with Gasteiger partial charge in [0, 0.05) is 43.5 Å². The van der Waals surface area contributed by atoms with Crippen LogP contribution in [0.15, 0.2) is 59.7 Å². The molecule has 1 atom stereocenters. The van der Waals surface area contributed by atoms with E-state index in [1.165, 1.54) is 0 Å². The third-order valence-corrected chi connectivity index (χ3v) is 7.73. The number of likely N-dealkylation sites (tertiary alicyclic amines) is 1. The monoisotopic (exact) mass is 493 g/mol. The first-order valence-electron chi connectivity index (χ1n) is 12.8. The highest BCUT2D eigenvalue weighted by Crippen LogP contribution is 2.33. The fourth-order valence-electron chi connectivity index (χ4n) is 5.47. The third-order valence-electron chi connectivity index (χ3n) is 7.73. The number of fused-ring (bicyclic) bond motifs is 2. The lowest BCUT2D eigenvalue weighted by atomic mass is 10.0. The number of nitrogens with zero attached hydrogens (tertiary/aromatic N) is 6. The fraction of sp³-hybridized carbons (Fsp3) is 0.321. The predicted molar refractivity (Wildman–Crippen MR) is 141 cm³/mol. The van der Waals surface area contributed by atoms with Gasteiger partial charge in [0.2, 0.25) is 5.91 Å². The van der Waals surface area contributed by atoms with E-state index < -0.39 is 0 Å². The first-order valence-corrected chi connectivity index (χ1v) is 12.8. The van der Waals surface area contributed by atoms with Crippen molar-refractivity contribution in [1.82, 2.24) is 34.4 Å². The summed E-state index contributed by atoms with van der Waals surface area (Å²) in [5, 5.41) is 12.9. The molecule has 1 amide bonds. The molecule has 0 spiro atoms. The van der Waals surface area contributed by atoms with E-state index in [9.17, 15) is 9.59 Å². The number of benzene rings is 2. The highest BCUT2D eigenvalue weighted by molar-refractivity contribution is 5.84. The van der Waals surface area contributed by atoms with Crippen molar-refractivity contribution in [2.24, 2.45) is 18.9 Å². The molecule has 0 radical (unpaired) electrons. The average molecular weight is 494 g/mol. The molecule has 1 N–H and O–H groups in total. The predicted octanol–water partition coefficient (Wildman–Crippen LogP) is 3.60. The number of rotatable bonds is 5. The molecule has 186 valence electrons. The Morgan fingerprint density at radius 2 is 1.81 bits per heavy atom. The van der Waals surface area contributed by atoms with Crippen LogP contribution in [0.4, 0.5) is 0 Å². The summed E-state index contributed by atoms with van der Waals surface area (Å²) in [4.78, 5) is 33.1. The molecule has 9 heteroatoms. The number of amides is 1. The van der Waals surface area contributed by atoms with Crippen LogP contribution in [-0.4, -0.2) is 53.4 Å². The molecule has 37 heavy (non-hydrogen) atoms. The van der Waals surface area contributed by atoms with Crippen LogP contribution in [0.5, 0.6) is 0 Å². The van der Waals surface area contributed by atoms with Gasteiger partial charge < -0.3 is 4.90 Å². The standard InChI is InChI=1S/C28H27N7O2/c1-33-26-23(14-30-33)28(37)35(16-17-10-11-34(15-17)27(36)20-6-7-20)25(31-26)19-4-2-18(3-5-19)21-8-9-24-22(12-21)13-29-32-24/h2-5,8-9,12-14,17,20H,6-7,10-11,15-16H2,1H3,(H,29,32)/t17-/m1/s1. The maximum absolute atomic E-state index is 13.6. The Hall–Kier alpha value is -4.27. The van der Waals surface area contributed by atoms with Crippen molar-refractivity contribution < 1.29 is 4.79 Å². The summed E-state index contributed by atoms with van der Waals surface area (Å²) in [6.07, 6.45) is 6.33. The number of hydrogen-bond donors (Lipinski definition) is 1. The summed E-state index contributed by atoms with van der Waals surface area (Å²) in [6, 6.07) is 14.4. The molecular formula is C28H27N7O2. The van der Waals surface area contributed by atoms with Crippen LogP contribution in [0, 0.1) is 11.8 Å². The van der Waals surface area contributed by atoms with Crippen LogP contribution < -0.4 is 5.56 Å². The molecular weight excluding hydrogens is 466 g/mol. The van der Waals surface area contributed by atoms with E-state index in [-0.39, 0.29) is 23.3 Å². The molecule has 1 saturated heterocycles. The summed E-state index contributed by atoms with van der Waals surface area (Å²) < 4.78 is 3.43. The molecule has 2 fully saturated rings. The lowest BCUT2D eigenvalue weighted by Crippen LogP contribution is -2.32. The average Bonchev–Trinajstić information content (AvgIpc) is 3.29. The first-order chi connectivity index (χ1) is 18.0. The van der Waals surface area contributed by atoms with E-state index in [4.69, 9.17) is 4.98 Å². The Bertz CT molecular complexity index is 1710. The van der Waals surface area contributed by atoms with Gasteiger partial charge in [0.05, 0.1) is 17.9 Å². The molecule has 4 heterocycles. The molecule has 1 aliphatic heterocycles. The molecule has 2 aromatic carbocycles. The van der Waals surface area contributed by atoms with Crippen LogP contribution >= 0.6 is 0 Å². The van der Waals surface area contributed by atoms with Gasteiger partial charge in [-0.2, -0.15) is 10.2 Å². The number of H-pyrrole nitrogens is 1. The van der Waals surface area contributed by atoms with Gasteiger partial charge in [-0.25, -0.2) is 4.98 Å². The van der Waals surface area contributed by atoms with E-state index in [0.717, 1.165) is 53.4 Å². The molecule has 0 bridgehead atoms. The number of aromatic nitrogens is 6. The van der Waals surface area contributed by atoms with E-state index in [1.807, 2.05) is 29.3 Å². The van der Waals surface area contributed by atoms with E-state index in [1.54, 1.807) is 22.5 Å². The lowest BCUT2D eigenvalue weighted by Gasteiger charge is -2.18. The van der Waals surface area contributed by atoms with Gasteiger partial charge in [-0.05, 0) is 48.4 Å². The van der Waals surface area contributed by atoms with Crippen LogP contribution in [0.1, 0.15) is 19.3 Å². The number of carbonyl (C=O) groups is 1. The minimum atomic E-state index is -0.0884. The van der Waals surface area contributed by atoms with E-state index in [0.29, 0.717) is 29.9 Å². The Kier molecular flexibility index (Phi) is 4.99. The summed E-state index contributed by atoms with van der Waals surface area (Å²) in [6.45, 7) is 1.99. The number of aryl methyl sites for hydroxylation is 1. The topological polar surface area (TPSA) is 102 Å². The van der Waals surface area contributed by atoms with Crippen molar-refractivity contribution in [3.8, 4) is 22.5 Å². The largest absolute Gasteiger partial charge is 0.342 e. The van der Waals surface area contributed by atoms with Crippen molar-refractivity contribution in [1.29, 1.82) is 0 Å². The molecule has 1 aliphatic carbocycles. The molecule has 9 nitrogen and oxygen atoms in total. The SMILES string of the molecule is Cn1ncc2c(=O)n(C[C@@H]3CCN(C(=O)C4CC4)C3)c(-c3ccc(-c4ccc5[nH]ncc5c4)cc3)nc21. The van der Waals surface area contributed by atoms with Crippen molar-refractivity contribution in [2.75, 3.05) is 13.1 Å². The summed E-state index contributed by atoms with van der Waals surface area (Å²) >= 11 is 0. The fourth-order valence-corrected chi connectivity index (χ4v) is 5.47. The van der Waals surface area contributed by atoms with Crippen LogP contribution in [0.25, 0.3) is 44.5 Å². The summed E-state index contributed by atoms with van der Waals surface area (Å²) in [5.74, 6) is 1.35. The number of nitrogens with one attached hydrogen (secondary N) is 1. The maximum atomic E-state index is 13.6. The third kappa shape index (κ3) is 3.82. The van der Waals surface area contributed by atoms with Gasteiger partial charge in [-0.15, -0.1) is 0 Å². The van der Waals surface area contributed by atoms with Crippen LogP contribution in [0.3, 0.4) is 0 Å². The van der Waals surface area contributed by atoms with Gasteiger partial charge in [-0.3, -0.25) is 23.9 Å². The molecule has 2 aliphatic rings. The Morgan fingerprint density at radius 1 is 1.03 bits per heavy atom. The normalized spacial score (nSPS) is 17.8. The molecule has 1 saturated carbocycles. The summed E-state index contributed by atoms with van der Waals surface area (Å²) in [5.41, 5.74) is 4.53. The van der Waals surface area contributed by atoms with E-state index >= 15 is 0 Å². The van der Waals surface area contributed by atoms with Crippen LogP contribution in [-0.2, 0) is 18.4 Å². The molecule has 0 unspecified atom stereocenters. The highest BCUT2D eigenvalue weighted by atomic mass is 16.2. The Morgan fingerprint density at radius 3 is 2.62 bits per heavy atom. The minimum Gasteiger partial charge on any atom is -0.342 e.